The monoisotopic (exact) mass is 381 g/mol. The second-order valence-electron chi connectivity index (χ2n) is 6.60. The lowest BCUT2D eigenvalue weighted by molar-refractivity contribution is 0.0995. The maximum atomic E-state index is 11.6. The van der Waals surface area contributed by atoms with Crippen molar-refractivity contribution in [2.24, 2.45) is 10.7 Å². The van der Waals surface area contributed by atoms with Crippen LogP contribution in [0.5, 0.6) is 0 Å². The van der Waals surface area contributed by atoms with Crippen molar-refractivity contribution in [2.75, 3.05) is 11.4 Å². The molecule has 0 atom stereocenters. The van der Waals surface area contributed by atoms with E-state index in [9.17, 15) is 9.59 Å². The molecule has 2 aliphatic heterocycles. The van der Waals surface area contributed by atoms with E-state index in [0.717, 1.165) is 29.0 Å². The molecule has 2 heterocycles. The molecule has 0 radical (unpaired) electrons. The van der Waals surface area contributed by atoms with Gasteiger partial charge in [0.2, 0.25) is 0 Å². The van der Waals surface area contributed by atoms with E-state index in [1.165, 1.54) is 0 Å². The van der Waals surface area contributed by atoms with Gasteiger partial charge >= 0.3 is 0 Å². The number of nitrogens with two attached hydrogens (primary N) is 1. The lowest BCUT2D eigenvalue weighted by Crippen LogP contribution is -2.24. The first-order valence-corrected chi connectivity index (χ1v) is 9.24. The third kappa shape index (κ3) is 3.71. The number of fused-ring (bicyclic) bond motifs is 2. The van der Waals surface area contributed by atoms with Crippen LogP contribution in [0.2, 0.25) is 0 Å². The Hall–Kier alpha value is -3.99. The number of para-hydroxylation sites is 2. The second-order valence-corrected chi connectivity index (χ2v) is 6.60. The summed E-state index contributed by atoms with van der Waals surface area (Å²) in [6.07, 6.45) is 5.77. The molecular weight excluding hydrogens is 362 g/mol. The largest absolute Gasteiger partial charge is 0.366 e. The zero-order valence-corrected chi connectivity index (χ0v) is 15.7. The zero-order valence-electron chi connectivity index (χ0n) is 15.7. The number of hydrogen-bond donors (Lipinski definition) is 1. The maximum absolute atomic E-state index is 11.6. The van der Waals surface area contributed by atoms with E-state index < -0.39 is 5.91 Å². The van der Waals surface area contributed by atoms with Gasteiger partial charge in [-0.05, 0) is 29.8 Å². The number of hydrogen-bond acceptors (Lipinski definition) is 3. The number of carbonyl (C=O) groups excluding carboxylic acids is 2. The summed E-state index contributed by atoms with van der Waals surface area (Å²) in [5.41, 5.74) is 10.7. The molecule has 0 bridgehead atoms. The number of benzene rings is 3. The number of anilines is 2. The quantitative estimate of drug-likeness (QED) is 0.722. The summed E-state index contributed by atoms with van der Waals surface area (Å²) in [4.78, 5) is 28.2. The highest BCUT2D eigenvalue weighted by atomic mass is 16.1. The molecule has 5 heteroatoms. The zero-order chi connectivity index (χ0) is 20.2. The van der Waals surface area contributed by atoms with Gasteiger partial charge in [0.15, 0.2) is 0 Å². The predicted molar refractivity (Wildman–Crippen MR) is 116 cm³/mol. The normalized spacial score (nSPS) is 13.4. The van der Waals surface area contributed by atoms with Gasteiger partial charge in [0.25, 0.3) is 11.8 Å². The van der Waals surface area contributed by atoms with Crippen molar-refractivity contribution in [3.05, 3.63) is 101 Å². The van der Waals surface area contributed by atoms with Crippen LogP contribution in [-0.4, -0.2) is 24.6 Å². The van der Waals surface area contributed by atoms with E-state index in [-0.39, 0.29) is 5.91 Å². The van der Waals surface area contributed by atoms with Gasteiger partial charge in [0.1, 0.15) is 0 Å². The lowest BCUT2D eigenvalue weighted by Gasteiger charge is -2.29. The van der Waals surface area contributed by atoms with Gasteiger partial charge in [-0.2, -0.15) is 0 Å². The van der Waals surface area contributed by atoms with Crippen LogP contribution in [0.25, 0.3) is 6.08 Å². The summed E-state index contributed by atoms with van der Waals surface area (Å²) in [5.74, 6) is -0.529. The highest BCUT2D eigenvalue weighted by Crippen LogP contribution is 2.33. The number of primary amides is 1. The highest BCUT2D eigenvalue weighted by molar-refractivity contribution is 6.12. The van der Waals surface area contributed by atoms with Gasteiger partial charge in [-0.15, -0.1) is 0 Å². The van der Waals surface area contributed by atoms with Crippen LogP contribution in [0.3, 0.4) is 0 Å². The Balaban J connectivity index is 0.000000171. The maximum Gasteiger partial charge on any atom is 0.277 e. The molecule has 2 aliphatic rings. The molecule has 5 nitrogen and oxygen atoms in total. The fourth-order valence-corrected chi connectivity index (χ4v) is 3.41. The van der Waals surface area contributed by atoms with E-state index in [4.69, 9.17) is 5.73 Å². The van der Waals surface area contributed by atoms with Crippen LogP contribution < -0.4 is 10.6 Å². The first-order valence-electron chi connectivity index (χ1n) is 9.24. The third-order valence-electron chi connectivity index (χ3n) is 4.79. The summed E-state index contributed by atoms with van der Waals surface area (Å²) in [7, 11) is 0. The number of aliphatic imine (C=N–C) groups is 1. The molecule has 0 spiro atoms. The summed E-state index contributed by atoms with van der Waals surface area (Å²) >= 11 is 0. The minimum Gasteiger partial charge on any atom is -0.366 e. The van der Waals surface area contributed by atoms with Crippen molar-refractivity contribution in [3.8, 4) is 0 Å². The third-order valence-corrected chi connectivity index (χ3v) is 4.79. The van der Waals surface area contributed by atoms with Crippen molar-refractivity contribution >= 4 is 35.5 Å². The average molecular weight is 381 g/mol. The number of rotatable bonds is 2. The van der Waals surface area contributed by atoms with Crippen LogP contribution >= 0.6 is 0 Å². The molecular formula is C24H19N3O2. The van der Waals surface area contributed by atoms with Gasteiger partial charge in [-0.25, -0.2) is 4.99 Å². The predicted octanol–water partition coefficient (Wildman–Crippen LogP) is 4.21. The molecule has 0 aliphatic carbocycles. The second kappa shape index (κ2) is 7.94. The van der Waals surface area contributed by atoms with Gasteiger partial charge in [0, 0.05) is 24.0 Å². The molecule has 3 aromatic carbocycles. The van der Waals surface area contributed by atoms with E-state index in [2.05, 4.69) is 34.2 Å². The molecule has 2 N–H and O–H groups in total. The van der Waals surface area contributed by atoms with E-state index in [0.29, 0.717) is 11.1 Å². The Labute approximate surface area is 168 Å². The molecule has 29 heavy (non-hydrogen) atoms. The van der Waals surface area contributed by atoms with Crippen LogP contribution in [0.4, 0.5) is 11.4 Å². The number of amides is 2. The molecule has 0 fully saturated rings. The Morgan fingerprint density at radius 1 is 0.862 bits per heavy atom. The van der Waals surface area contributed by atoms with Crippen molar-refractivity contribution in [1.82, 2.24) is 0 Å². The Morgan fingerprint density at radius 3 is 2.28 bits per heavy atom. The van der Waals surface area contributed by atoms with Crippen LogP contribution in [0.15, 0.2) is 83.9 Å². The molecule has 0 unspecified atom stereocenters. The molecule has 2 amide bonds. The van der Waals surface area contributed by atoms with E-state index in [1.54, 1.807) is 18.3 Å². The van der Waals surface area contributed by atoms with Gasteiger partial charge < -0.3 is 10.6 Å². The van der Waals surface area contributed by atoms with Crippen LogP contribution in [-0.2, 0) is 0 Å². The summed E-state index contributed by atoms with van der Waals surface area (Å²) in [5, 5.41) is 0. The number of nitrogens with zero attached hydrogens (tertiary/aromatic N) is 2. The topological polar surface area (TPSA) is 75.8 Å². The molecule has 142 valence electrons. The van der Waals surface area contributed by atoms with Crippen molar-refractivity contribution in [1.29, 1.82) is 0 Å². The lowest BCUT2D eigenvalue weighted by atomic mass is 10.0. The fraction of sp³-hybridized carbons (Fsp3) is 0.0417. The first-order chi connectivity index (χ1) is 14.1. The minimum atomic E-state index is -0.400. The summed E-state index contributed by atoms with van der Waals surface area (Å²) in [6.45, 7) is 0.737. The summed E-state index contributed by atoms with van der Waals surface area (Å²) < 4.78 is 0. The van der Waals surface area contributed by atoms with Crippen molar-refractivity contribution in [3.63, 3.8) is 0 Å². The van der Waals surface area contributed by atoms with Gasteiger partial charge in [-0.3, -0.25) is 9.59 Å². The first kappa shape index (κ1) is 18.4. The summed E-state index contributed by atoms with van der Waals surface area (Å²) in [6, 6.07) is 22.9. The van der Waals surface area contributed by atoms with Gasteiger partial charge in [0.05, 0.1) is 16.8 Å². The molecule has 3 aromatic rings. The number of carbonyl (C=O) groups is 2. The smallest absolute Gasteiger partial charge is 0.277 e. The minimum absolute atomic E-state index is 0.129. The molecule has 0 saturated carbocycles. The standard InChI is InChI=1S/C16H14N2O.C8H5NO/c17-16(19)13-8-2-4-10-15(13)18-11-5-7-12-6-1-3-9-14(12)18;10-8-7-4-2-1-3-6(7)5-9-8/h1-10H,11H2,(H2,17,19);1-5H. The molecule has 0 aromatic heterocycles. The average Bonchev–Trinajstić information content (AvgIpc) is 3.15. The molecule has 5 rings (SSSR count). The van der Waals surface area contributed by atoms with Crippen molar-refractivity contribution in [2.45, 2.75) is 0 Å². The SMILES string of the molecule is NC(=O)c1ccccc1N1CC=Cc2ccccc21.O=C1N=Cc2ccccc21. The van der Waals surface area contributed by atoms with Gasteiger partial charge in [-0.1, -0.05) is 60.7 Å². The fourth-order valence-electron chi connectivity index (χ4n) is 3.41. The Bertz CT molecular complexity index is 1150. The van der Waals surface area contributed by atoms with E-state index in [1.807, 2.05) is 48.5 Å². The molecule has 0 saturated heterocycles. The van der Waals surface area contributed by atoms with Crippen LogP contribution in [0.1, 0.15) is 31.8 Å². The van der Waals surface area contributed by atoms with Crippen LogP contribution in [0, 0.1) is 0 Å². The Kier molecular flexibility index (Phi) is 5.03. The van der Waals surface area contributed by atoms with Crippen molar-refractivity contribution < 1.29 is 9.59 Å². The Morgan fingerprint density at radius 2 is 1.52 bits per heavy atom. The highest BCUT2D eigenvalue weighted by Gasteiger charge is 2.18. The van der Waals surface area contributed by atoms with E-state index >= 15 is 0 Å².